The normalized spacial score (nSPS) is 20.2. The number of aliphatic hydroxyl groups is 2. The Morgan fingerprint density at radius 2 is 1.64 bits per heavy atom. The molecule has 0 aromatic heterocycles. The van der Waals surface area contributed by atoms with Crippen molar-refractivity contribution in [3.63, 3.8) is 0 Å². The fourth-order valence-corrected chi connectivity index (χ4v) is 3.08. The summed E-state index contributed by atoms with van der Waals surface area (Å²) in [5.41, 5.74) is 1.64. The second-order valence-electron chi connectivity index (χ2n) is 6.35. The first-order valence-corrected chi connectivity index (χ1v) is 8.26. The van der Waals surface area contributed by atoms with Crippen LogP contribution in [0.25, 0.3) is 0 Å². The lowest BCUT2D eigenvalue weighted by atomic mass is 9.87. The molecule has 1 aliphatic carbocycles. The lowest BCUT2D eigenvalue weighted by Gasteiger charge is -2.29. The third kappa shape index (κ3) is 4.93. The second-order valence-corrected chi connectivity index (χ2v) is 6.35. The van der Waals surface area contributed by atoms with E-state index in [1.165, 1.54) is 7.11 Å². The van der Waals surface area contributed by atoms with E-state index in [-0.39, 0.29) is 12.0 Å². The number of esters is 1. The molecule has 1 aromatic rings. The largest absolute Gasteiger partial charge is 0.513 e. The van der Waals surface area contributed by atoms with Gasteiger partial charge in [-0.1, -0.05) is 0 Å². The van der Waals surface area contributed by atoms with Crippen molar-refractivity contribution in [1.29, 1.82) is 0 Å². The maximum absolute atomic E-state index is 12.4. The zero-order valence-corrected chi connectivity index (χ0v) is 14.7. The highest BCUT2D eigenvalue weighted by Gasteiger charge is 2.28. The lowest BCUT2D eigenvalue weighted by molar-refractivity contribution is -0.101. The predicted octanol–water partition coefficient (Wildman–Crippen LogP) is 2.47. The molecule has 0 atom stereocenters. The first-order valence-electron chi connectivity index (χ1n) is 8.26. The third-order valence-corrected chi connectivity index (χ3v) is 4.46. The molecule has 1 fully saturated rings. The summed E-state index contributed by atoms with van der Waals surface area (Å²) in [4.78, 5) is 23.6. The molecule has 25 heavy (non-hydrogen) atoms. The number of hydrogen-bond donors (Lipinski definition) is 2. The Hall–Kier alpha value is -2.12. The van der Waals surface area contributed by atoms with Gasteiger partial charge in [-0.3, -0.25) is 0 Å². The van der Waals surface area contributed by atoms with E-state index in [2.05, 4.69) is 4.74 Å². The highest BCUT2D eigenvalue weighted by atomic mass is 16.7. The molecule has 1 saturated carbocycles. The molecule has 0 bridgehead atoms. The van der Waals surface area contributed by atoms with Crippen LogP contribution in [-0.2, 0) is 9.47 Å². The zero-order chi connectivity index (χ0) is 18.6. The molecule has 1 aromatic carbocycles. The quantitative estimate of drug-likeness (QED) is 0.487. The number of carbonyl (C=O) groups is 2. The predicted molar refractivity (Wildman–Crippen MR) is 88.3 cm³/mol. The van der Waals surface area contributed by atoms with Crippen LogP contribution in [-0.4, -0.2) is 41.8 Å². The summed E-state index contributed by atoms with van der Waals surface area (Å²) in [6.07, 6.45) is 0.0762. The van der Waals surface area contributed by atoms with Crippen molar-refractivity contribution in [2.24, 2.45) is 5.92 Å². The summed E-state index contributed by atoms with van der Waals surface area (Å²) in [6.45, 7) is 3.46. The number of benzene rings is 1. The minimum absolute atomic E-state index is 0.158. The number of hydrogen-bond acceptors (Lipinski definition) is 7. The maximum Gasteiger partial charge on any atom is 0.513 e. The van der Waals surface area contributed by atoms with Gasteiger partial charge in [-0.2, -0.15) is 0 Å². The van der Waals surface area contributed by atoms with E-state index in [0.29, 0.717) is 48.1 Å². The molecular formula is C18H24O7. The van der Waals surface area contributed by atoms with Gasteiger partial charge in [0, 0.05) is 5.92 Å². The molecule has 0 heterocycles. The first kappa shape index (κ1) is 19.2. The van der Waals surface area contributed by atoms with Gasteiger partial charge >= 0.3 is 12.1 Å². The van der Waals surface area contributed by atoms with Crippen molar-refractivity contribution in [1.82, 2.24) is 0 Å². The van der Waals surface area contributed by atoms with Gasteiger partial charge in [0.15, 0.2) is 6.29 Å². The monoisotopic (exact) mass is 352 g/mol. The van der Waals surface area contributed by atoms with Crippen LogP contribution in [0.2, 0.25) is 0 Å². The van der Waals surface area contributed by atoms with Gasteiger partial charge in [-0.15, -0.1) is 0 Å². The van der Waals surface area contributed by atoms with Crippen LogP contribution in [0.1, 0.15) is 47.2 Å². The summed E-state index contributed by atoms with van der Waals surface area (Å²) in [5.74, 6) is -0.237. The Labute approximate surface area is 146 Å². The minimum Gasteiger partial charge on any atom is -0.459 e. The van der Waals surface area contributed by atoms with Crippen molar-refractivity contribution in [2.45, 2.75) is 51.9 Å². The Kier molecular flexibility index (Phi) is 6.39. The van der Waals surface area contributed by atoms with Crippen molar-refractivity contribution >= 4 is 12.1 Å². The van der Waals surface area contributed by atoms with Crippen molar-refractivity contribution in [2.75, 3.05) is 7.11 Å². The number of methoxy groups -OCH3 is 1. The zero-order valence-electron chi connectivity index (χ0n) is 14.7. The van der Waals surface area contributed by atoms with Crippen LogP contribution in [0.3, 0.4) is 0 Å². The maximum atomic E-state index is 12.4. The fourth-order valence-electron chi connectivity index (χ4n) is 3.08. The number of aryl methyl sites for hydroxylation is 2. The molecular weight excluding hydrogens is 328 g/mol. The molecule has 0 amide bonds. The molecule has 1 aliphatic rings. The van der Waals surface area contributed by atoms with E-state index < -0.39 is 18.4 Å². The molecule has 0 unspecified atom stereocenters. The molecule has 0 radical (unpaired) electrons. The Bertz CT molecular complexity index is 607. The van der Waals surface area contributed by atoms with Gasteiger partial charge in [-0.05, 0) is 62.8 Å². The highest BCUT2D eigenvalue weighted by Crippen LogP contribution is 2.30. The first-order chi connectivity index (χ1) is 11.8. The van der Waals surface area contributed by atoms with E-state index in [0.717, 1.165) is 0 Å². The van der Waals surface area contributed by atoms with Crippen molar-refractivity contribution < 1.29 is 34.0 Å². The second kappa shape index (κ2) is 8.31. The smallest absolute Gasteiger partial charge is 0.459 e. The number of carbonyl (C=O) groups excluding carboxylic acids is 2. The van der Waals surface area contributed by atoms with Gasteiger partial charge in [0.05, 0.1) is 12.7 Å². The van der Waals surface area contributed by atoms with Crippen LogP contribution < -0.4 is 4.74 Å². The topological polar surface area (TPSA) is 102 Å². The number of ether oxygens (including phenoxy) is 3. The average Bonchev–Trinajstić information content (AvgIpc) is 2.58. The van der Waals surface area contributed by atoms with Crippen molar-refractivity contribution in [3.05, 3.63) is 28.8 Å². The van der Waals surface area contributed by atoms with E-state index in [1.807, 2.05) is 0 Å². The third-order valence-electron chi connectivity index (χ3n) is 4.46. The Balaban J connectivity index is 2.02. The van der Waals surface area contributed by atoms with E-state index >= 15 is 0 Å². The standard InChI is InChI=1S/C18H24O7/c1-10-8-13(9-11(2)15(10)25-18(22)23-3)17(21)24-14-6-4-12(5-7-14)16(19)20/h8-9,12,14,16,19-20H,4-7H2,1-3H3. The van der Waals surface area contributed by atoms with Crippen LogP contribution in [0.5, 0.6) is 5.75 Å². The van der Waals surface area contributed by atoms with Crippen molar-refractivity contribution in [3.8, 4) is 5.75 Å². The summed E-state index contributed by atoms with van der Waals surface area (Å²) in [5, 5.41) is 18.4. The summed E-state index contributed by atoms with van der Waals surface area (Å²) in [6, 6.07) is 3.22. The molecule has 0 aliphatic heterocycles. The van der Waals surface area contributed by atoms with Crippen LogP contribution in [0.15, 0.2) is 12.1 Å². The highest BCUT2D eigenvalue weighted by molar-refractivity contribution is 5.90. The SMILES string of the molecule is COC(=O)Oc1c(C)cc(C(=O)OC2CCC(C(O)O)CC2)cc1C. The van der Waals surface area contributed by atoms with Gasteiger partial charge in [0.25, 0.3) is 0 Å². The van der Waals surface area contributed by atoms with Crippen LogP contribution in [0, 0.1) is 19.8 Å². The lowest BCUT2D eigenvalue weighted by Crippen LogP contribution is -2.30. The fraction of sp³-hybridized carbons (Fsp3) is 0.556. The van der Waals surface area contributed by atoms with Gasteiger partial charge in [0.2, 0.25) is 0 Å². The molecule has 7 nitrogen and oxygen atoms in total. The molecule has 0 spiro atoms. The average molecular weight is 352 g/mol. The molecule has 2 rings (SSSR count). The van der Waals surface area contributed by atoms with E-state index in [4.69, 9.17) is 9.47 Å². The summed E-state index contributed by atoms with van der Waals surface area (Å²) < 4.78 is 15.1. The number of rotatable bonds is 4. The molecule has 7 heteroatoms. The number of aliphatic hydroxyl groups excluding tert-OH is 1. The Morgan fingerprint density at radius 3 is 2.12 bits per heavy atom. The van der Waals surface area contributed by atoms with E-state index in [1.54, 1.807) is 26.0 Å². The van der Waals surface area contributed by atoms with E-state index in [9.17, 15) is 19.8 Å². The van der Waals surface area contributed by atoms with Crippen LogP contribution in [0.4, 0.5) is 4.79 Å². The summed E-state index contributed by atoms with van der Waals surface area (Å²) in [7, 11) is 1.23. The van der Waals surface area contributed by atoms with Gasteiger partial charge in [-0.25, -0.2) is 9.59 Å². The minimum atomic E-state index is -1.32. The molecule has 2 N–H and O–H groups in total. The molecule has 138 valence electrons. The van der Waals surface area contributed by atoms with Gasteiger partial charge in [0.1, 0.15) is 11.9 Å². The summed E-state index contributed by atoms with van der Waals surface area (Å²) >= 11 is 0. The Morgan fingerprint density at radius 1 is 1.08 bits per heavy atom. The molecule has 0 saturated heterocycles. The van der Waals surface area contributed by atoms with Crippen LogP contribution >= 0.6 is 0 Å². The van der Waals surface area contributed by atoms with Gasteiger partial charge < -0.3 is 24.4 Å².